The lowest BCUT2D eigenvalue weighted by molar-refractivity contribution is -0.170. The molecule has 0 aliphatic carbocycles. The van der Waals surface area contributed by atoms with Crippen molar-refractivity contribution in [3.63, 3.8) is 0 Å². The number of nitrogens with zero attached hydrogens (tertiary/aromatic N) is 3. The molecule has 2 N–H and O–H groups in total. The van der Waals surface area contributed by atoms with Gasteiger partial charge in [-0.3, -0.25) is 4.79 Å². The monoisotopic (exact) mass is 474 g/mol. The largest absolute Gasteiger partial charge is 0.482 e. The van der Waals surface area contributed by atoms with Crippen LogP contribution in [0.15, 0.2) is 30.3 Å². The molecule has 1 amide bonds. The van der Waals surface area contributed by atoms with E-state index in [2.05, 4.69) is 15.5 Å². The number of rotatable bonds is 5. The second-order valence-electron chi connectivity index (χ2n) is 8.95. The van der Waals surface area contributed by atoms with Crippen LogP contribution in [0.3, 0.4) is 0 Å². The predicted molar refractivity (Wildman–Crippen MR) is 122 cm³/mol. The number of carbonyl (C=O) groups is 1. The molecule has 2 aromatic carbocycles. The van der Waals surface area contributed by atoms with Crippen LogP contribution in [0, 0.1) is 12.7 Å². The number of aryl methyl sites for hydroxylation is 1. The Balaban J connectivity index is 1.76. The van der Waals surface area contributed by atoms with Crippen molar-refractivity contribution in [3.05, 3.63) is 53.0 Å². The number of benzene rings is 2. The highest BCUT2D eigenvalue weighted by atomic mass is 19.3. The molecule has 34 heavy (non-hydrogen) atoms. The third-order valence-electron chi connectivity index (χ3n) is 6.09. The number of halogens is 3. The van der Waals surface area contributed by atoms with Gasteiger partial charge in [0.1, 0.15) is 17.2 Å². The third kappa shape index (κ3) is 3.81. The number of hydrogen-bond donors (Lipinski definition) is 2. The van der Waals surface area contributed by atoms with Gasteiger partial charge in [-0.25, -0.2) is 4.39 Å². The molecule has 180 valence electrons. The van der Waals surface area contributed by atoms with Gasteiger partial charge in [-0.2, -0.15) is 13.9 Å². The van der Waals surface area contributed by atoms with Crippen molar-refractivity contribution < 1.29 is 27.8 Å². The number of alkyl halides is 2. The summed E-state index contributed by atoms with van der Waals surface area (Å²) in [4.78, 5) is 13.5. The Bertz CT molecular complexity index is 1290. The van der Waals surface area contributed by atoms with Crippen molar-refractivity contribution in [3.8, 4) is 5.75 Å². The van der Waals surface area contributed by atoms with Gasteiger partial charge in [-0.1, -0.05) is 12.1 Å². The second-order valence-corrected chi connectivity index (χ2v) is 8.95. The van der Waals surface area contributed by atoms with Crippen molar-refractivity contribution in [2.45, 2.75) is 45.3 Å². The minimum Gasteiger partial charge on any atom is -0.482 e. The van der Waals surface area contributed by atoms with E-state index in [9.17, 15) is 18.7 Å². The SMILES string of the molecule is Cc1nnc(NC(C)c2cccc(C(F)(F)C(C)(C)O)c2F)c2cc3c(cc12)OCC(=O)N3C. The fourth-order valence-electron chi connectivity index (χ4n) is 3.89. The molecule has 1 aliphatic heterocycles. The molecule has 1 unspecified atom stereocenters. The van der Waals surface area contributed by atoms with E-state index in [0.717, 1.165) is 19.9 Å². The van der Waals surface area contributed by atoms with Crippen molar-refractivity contribution in [1.82, 2.24) is 10.2 Å². The quantitative estimate of drug-likeness (QED) is 0.568. The normalized spacial score (nSPS) is 15.2. The Morgan fingerprint density at radius 1 is 1.21 bits per heavy atom. The Labute approximate surface area is 194 Å². The molecule has 7 nitrogen and oxygen atoms in total. The summed E-state index contributed by atoms with van der Waals surface area (Å²) in [6.07, 6.45) is 0. The number of aliphatic hydroxyl groups is 1. The van der Waals surface area contributed by atoms with Gasteiger partial charge in [0.2, 0.25) is 0 Å². The molecule has 1 atom stereocenters. The highest BCUT2D eigenvalue weighted by Crippen LogP contribution is 2.42. The smallest absolute Gasteiger partial charge is 0.303 e. The summed E-state index contributed by atoms with van der Waals surface area (Å²) in [5, 5.41) is 22.6. The van der Waals surface area contributed by atoms with E-state index >= 15 is 4.39 Å². The summed E-state index contributed by atoms with van der Waals surface area (Å²) in [7, 11) is 1.64. The van der Waals surface area contributed by atoms with Crippen molar-refractivity contribution in [1.29, 1.82) is 0 Å². The number of anilines is 2. The highest BCUT2D eigenvalue weighted by molar-refractivity contribution is 6.03. The van der Waals surface area contributed by atoms with E-state index < -0.39 is 28.9 Å². The average molecular weight is 474 g/mol. The number of ether oxygens (including phenoxy) is 1. The molecule has 0 radical (unpaired) electrons. The molecule has 1 aliphatic rings. The molecule has 3 aromatic rings. The van der Waals surface area contributed by atoms with E-state index in [1.165, 1.54) is 17.0 Å². The number of carbonyl (C=O) groups excluding carboxylic acids is 1. The van der Waals surface area contributed by atoms with E-state index in [0.29, 0.717) is 33.7 Å². The van der Waals surface area contributed by atoms with Gasteiger partial charge in [0.05, 0.1) is 23.0 Å². The highest BCUT2D eigenvalue weighted by Gasteiger charge is 2.49. The molecule has 4 rings (SSSR count). The van der Waals surface area contributed by atoms with Gasteiger partial charge in [0.15, 0.2) is 12.4 Å². The topological polar surface area (TPSA) is 87.6 Å². The molecule has 0 spiro atoms. The predicted octanol–water partition coefficient (Wildman–Crippen LogP) is 4.47. The minimum atomic E-state index is -3.81. The van der Waals surface area contributed by atoms with Crippen LogP contribution in [0.4, 0.5) is 24.7 Å². The number of aromatic nitrogens is 2. The average Bonchev–Trinajstić information content (AvgIpc) is 2.77. The molecule has 2 heterocycles. The Morgan fingerprint density at radius 2 is 1.91 bits per heavy atom. The van der Waals surface area contributed by atoms with E-state index in [4.69, 9.17) is 4.74 Å². The zero-order valence-electron chi connectivity index (χ0n) is 19.4. The molecule has 0 saturated carbocycles. The molecule has 0 saturated heterocycles. The summed E-state index contributed by atoms with van der Waals surface area (Å²) >= 11 is 0. The van der Waals surface area contributed by atoms with Crippen molar-refractivity contribution in [2.24, 2.45) is 0 Å². The first kappa shape index (κ1) is 23.7. The summed E-state index contributed by atoms with van der Waals surface area (Å²) in [6, 6.07) is 6.39. The lowest BCUT2D eigenvalue weighted by atomic mass is 9.91. The summed E-state index contributed by atoms with van der Waals surface area (Å²) < 4.78 is 50.2. The van der Waals surface area contributed by atoms with Gasteiger partial charge >= 0.3 is 5.92 Å². The van der Waals surface area contributed by atoms with Crippen molar-refractivity contribution >= 4 is 28.2 Å². The van der Waals surface area contributed by atoms with Crippen LogP contribution in [0.2, 0.25) is 0 Å². The van der Waals surface area contributed by atoms with Gasteiger partial charge in [-0.15, -0.1) is 5.10 Å². The lowest BCUT2D eigenvalue weighted by Gasteiger charge is -2.30. The fraction of sp³-hybridized carbons (Fsp3) is 0.375. The first-order valence-corrected chi connectivity index (χ1v) is 10.7. The molecule has 0 fully saturated rings. The Hall–Kier alpha value is -3.40. The van der Waals surface area contributed by atoms with E-state index in [1.807, 2.05) is 0 Å². The van der Waals surface area contributed by atoms with Crippen LogP contribution in [-0.2, 0) is 10.7 Å². The van der Waals surface area contributed by atoms with Gasteiger partial charge in [0.25, 0.3) is 5.91 Å². The molecule has 10 heteroatoms. The summed E-state index contributed by atoms with van der Waals surface area (Å²) in [5.74, 6) is -4.31. The van der Waals surface area contributed by atoms with Gasteiger partial charge < -0.3 is 20.1 Å². The standard InChI is InChI=1S/C24H25F3N4O3/c1-12(14-7-6-8-17(21(14)25)24(26,27)23(3,4)33)28-22-16-9-18-19(34-11-20(32)31(18)5)10-15(16)13(2)29-30-22/h6-10,12,33H,11H2,1-5H3,(H,28,30). The fourth-order valence-corrected chi connectivity index (χ4v) is 3.89. The minimum absolute atomic E-state index is 0.0226. The van der Waals surface area contributed by atoms with Crippen LogP contribution in [0.5, 0.6) is 5.75 Å². The molecular weight excluding hydrogens is 449 g/mol. The first-order valence-electron chi connectivity index (χ1n) is 10.7. The maximum absolute atomic E-state index is 15.2. The summed E-state index contributed by atoms with van der Waals surface area (Å²) in [6.45, 7) is 5.17. The van der Waals surface area contributed by atoms with Gasteiger partial charge in [0, 0.05) is 23.4 Å². The molecule has 0 bridgehead atoms. The van der Waals surface area contributed by atoms with Crippen LogP contribution < -0.4 is 15.0 Å². The van der Waals surface area contributed by atoms with Crippen LogP contribution in [-0.4, -0.2) is 40.5 Å². The number of fused-ring (bicyclic) bond motifs is 2. The van der Waals surface area contributed by atoms with Crippen LogP contribution >= 0.6 is 0 Å². The van der Waals surface area contributed by atoms with Crippen molar-refractivity contribution in [2.75, 3.05) is 23.9 Å². The van der Waals surface area contributed by atoms with E-state index in [-0.39, 0.29) is 18.1 Å². The van der Waals surface area contributed by atoms with Crippen LogP contribution in [0.1, 0.15) is 43.6 Å². The van der Waals surface area contributed by atoms with Gasteiger partial charge in [-0.05, 0) is 45.9 Å². The number of amides is 1. The van der Waals surface area contributed by atoms with E-state index in [1.54, 1.807) is 33.0 Å². The number of likely N-dealkylation sites (N-methyl/N-ethyl adjacent to an activating group) is 1. The Kier molecular flexibility index (Phi) is 5.67. The molecule has 1 aromatic heterocycles. The maximum Gasteiger partial charge on any atom is 0.303 e. The third-order valence-corrected chi connectivity index (χ3v) is 6.09. The Morgan fingerprint density at radius 3 is 2.59 bits per heavy atom. The molecular formula is C24H25F3N4O3. The summed E-state index contributed by atoms with van der Waals surface area (Å²) in [5.41, 5.74) is -2.20. The van der Waals surface area contributed by atoms with Crippen LogP contribution in [0.25, 0.3) is 10.8 Å². The zero-order chi connectivity index (χ0) is 25.0. The second kappa shape index (κ2) is 8.12. The lowest BCUT2D eigenvalue weighted by Crippen LogP contribution is -2.41. The zero-order valence-corrected chi connectivity index (χ0v) is 19.4. The number of hydrogen-bond acceptors (Lipinski definition) is 6. The first-order chi connectivity index (χ1) is 15.8. The number of nitrogens with one attached hydrogen (secondary N) is 1. The maximum atomic E-state index is 15.2.